The molecule has 23 heavy (non-hydrogen) atoms. The Labute approximate surface area is 135 Å². The van der Waals surface area contributed by atoms with E-state index in [1.807, 2.05) is 30.3 Å². The monoisotopic (exact) mass is 305 g/mol. The van der Waals surface area contributed by atoms with Crippen molar-refractivity contribution in [1.29, 1.82) is 0 Å². The van der Waals surface area contributed by atoms with Gasteiger partial charge in [0.25, 0.3) is 0 Å². The van der Waals surface area contributed by atoms with Gasteiger partial charge in [0, 0.05) is 17.0 Å². The van der Waals surface area contributed by atoms with Gasteiger partial charge in [-0.15, -0.1) is 0 Å². The van der Waals surface area contributed by atoms with E-state index in [-0.39, 0.29) is 12.1 Å². The normalized spacial score (nSPS) is 20.2. The second-order valence-corrected chi connectivity index (χ2v) is 6.08. The average molecular weight is 305 g/mol. The van der Waals surface area contributed by atoms with Crippen molar-refractivity contribution < 1.29 is 4.74 Å². The molecule has 116 valence electrons. The fourth-order valence-electron chi connectivity index (χ4n) is 3.08. The third kappa shape index (κ3) is 2.62. The van der Waals surface area contributed by atoms with Gasteiger partial charge in [-0.25, -0.2) is 4.98 Å². The van der Waals surface area contributed by atoms with Gasteiger partial charge >= 0.3 is 0 Å². The molecule has 4 heteroatoms. The van der Waals surface area contributed by atoms with Crippen LogP contribution in [0.25, 0.3) is 22.0 Å². The van der Waals surface area contributed by atoms with Crippen LogP contribution in [0.15, 0.2) is 54.6 Å². The zero-order valence-corrected chi connectivity index (χ0v) is 12.8. The number of ether oxygens (including phenoxy) is 1. The molecule has 1 heterocycles. The van der Waals surface area contributed by atoms with Crippen LogP contribution in [0.2, 0.25) is 0 Å². The summed E-state index contributed by atoms with van der Waals surface area (Å²) in [6.45, 7) is 0. The van der Waals surface area contributed by atoms with Crippen molar-refractivity contribution in [2.24, 2.45) is 5.73 Å². The van der Waals surface area contributed by atoms with E-state index >= 15 is 0 Å². The first-order chi connectivity index (χ1) is 11.2. The van der Waals surface area contributed by atoms with Crippen molar-refractivity contribution in [2.75, 3.05) is 5.73 Å². The van der Waals surface area contributed by atoms with Crippen molar-refractivity contribution in [3.63, 3.8) is 0 Å². The number of pyridine rings is 1. The molecule has 1 aliphatic carbocycles. The molecule has 4 nitrogen and oxygen atoms in total. The summed E-state index contributed by atoms with van der Waals surface area (Å²) in [5.41, 5.74) is 13.6. The quantitative estimate of drug-likeness (QED) is 0.778. The average Bonchev–Trinajstić information content (AvgIpc) is 2.53. The van der Waals surface area contributed by atoms with Crippen LogP contribution in [-0.2, 0) is 0 Å². The summed E-state index contributed by atoms with van der Waals surface area (Å²) in [4.78, 5) is 4.44. The summed E-state index contributed by atoms with van der Waals surface area (Å²) in [6, 6.07) is 18.3. The van der Waals surface area contributed by atoms with Gasteiger partial charge < -0.3 is 16.2 Å². The molecule has 0 radical (unpaired) electrons. The Morgan fingerprint density at radius 2 is 1.70 bits per heavy atom. The third-order valence-corrected chi connectivity index (χ3v) is 4.36. The minimum atomic E-state index is 0.227. The first kappa shape index (κ1) is 14.0. The highest BCUT2D eigenvalue weighted by molar-refractivity contribution is 5.99. The van der Waals surface area contributed by atoms with E-state index < -0.39 is 0 Å². The maximum atomic E-state index is 6.12. The van der Waals surface area contributed by atoms with Crippen molar-refractivity contribution in [3.8, 4) is 17.0 Å². The molecule has 0 bridgehead atoms. The summed E-state index contributed by atoms with van der Waals surface area (Å²) < 4.78 is 6.12. The number of nitrogens with zero attached hydrogens (tertiary/aromatic N) is 1. The van der Waals surface area contributed by atoms with Crippen LogP contribution in [0.3, 0.4) is 0 Å². The molecule has 0 aliphatic heterocycles. The lowest BCUT2D eigenvalue weighted by Gasteiger charge is -2.33. The topological polar surface area (TPSA) is 74.2 Å². The molecule has 3 aromatic rings. The minimum absolute atomic E-state index is 0.227. The molecular formula is C19H19N3O. The molecule has 0 saturated heterocycles. The zero-order chi connectivity index (χ0) is 15.8. The Kier molecular flexibility index (Phi) is 3.39. The third-order valence-electron chi connectivity index (χ3n) is 4.36. The number of rotatable bonds is 3. The van der Waals surface area contributed by atoms with Crippen molar-refractivity contribution in [3.05, 3.63) is 54.6 Å². The molecule has 0 spiro atoms. The van der Waals surface area contributed by atoms with Crippen LogP contribution >= 0.6 is 0 Å². The molecule has 4 rings (SSSR count). The Bertz CT molecular complexity index is 856. The van der Waals surface area contributed by atoms with E-state index in [4.69, 9.17) is 16.2 Å². The summed E-state index contributed by atoms with van der Waals surface area (Å²) in [7, 11) is 0. The van der Waals surface area contributed by atoms with E-state index in [1.54, 1.807) is 6.07 Å². The van der Waals surface area contributed by atoms with Crippen LogP contribution in [0.5, 0.6) is 5.75 Å². The van der Waals surface area contributed by atoms with Gasteiger partial charge in [0.1, 0.15) is 17.7 Å². The molecular weight excluding hydrogens is 286 g/mol. The highest BCUT2D eigenvalue weighted by Crippen LogP contribution is 2.36. The van der Waals surface area contributed by atoms with Crippen molar-refractivity contribution >= 4 is 16.6 Å². The predicted octanol–water partition coefficient (Wildman–Crippen LogP) is 3.35. The molecule has 0 amide bonds. The summed E-state index contributed by atoms with van der Waals surface area (Å²) >= 11 is 0. The smallest absolute Gasteiger partial charge is 0.127 e. The van der Waals surface area contributed by atoms with Crippen LogP contribution in [-0.4, -0.2) is 17.1 Å². The fraction of sp³-hybridized carbons (Fsp3) is 0.211. The van der Waals surface area contributed by atoms with Crippen LogP contribution in [0, 0.1) is 0 Å². The second kappa shape index (κ2) is 5.56. The molecule has 2 aromatic carbocycles. The number of benzene rings is 2. The van der Waals surface area contributed by atoms with Crippen LogP contribution < -0.4 is 16.2 Å². The highest BCUT2D eigenvalue weighted by Gasteiger charge is 2.28. The molecule has 0 atom stereocenters. The number of hydrogen-bond donors (Lipinski definition) is 2. The number of hydrogen-bond acceptors (Lipinski definition) is 4. The van der Waals surface area contributed by atoms with E-state index in [9.17, 15) is 0 Å². The zero-order valence-electron chi connectivity index (χ0n) is 12.8. The number of fused-ring (bicyclic) bond motifs is 1. The maximum Gasteiger partial charge on any atom is 0.127 e. The highest BCUT2D eigenvalue weighted by atomic mass is 16.5. The minimum Gasteiger partial charge on any atom is -0.490 e. The van der Waals surface area contributed by atoms with Crippen molar-refractivity contribution in [2.45, 2.75) is 25.0 Å². The Morgan fingerprint density at radius 3 is 2.43 bits per heavy atom. The van der Waals surface area contributed by atoms with Gasteiger partial charge in [0.15, 0.2) is 0 Å². The molecule has 1 fully saturated rings. The van der Waals surface area contributed by atoms with Gasteiger partial charge in [-0.1, -0.05) is 30.3 Å². The van der Waals surface area contributed by atoms with E-state index in [0.717, 1.165) is 40.6 Å². The number of nitrogen functional groups attached to an aromatic ring is 1. The second-order valence-electron chi connectivity index (χ2n) is 6.08. The first-order valence-electron chi connectivity index (χ1n) is 7.87. The molecule has 1 aromatic heterocycles. The molecule has 4 N–H and O–H groups in total. The predicted molar refractivity (Wildman–Crippen MR) is 93.2 cm³/mol. The number of aromatic nitrogens is 1. The van der Waals surface area contributed by atoms with E-state index in [1.165, 1.54) is 0 Å². The van der Waals surface area contributed by atoms with Gasteiger partial charge in [-0.05, 0) is 42.5 Å². The van der Waals surface area contributed by atoms with Crippen LogP contribution in [0.1, 0.15) is 12.8 Å². The standard InChI is InChI=1S/C19H19N3O/c20-12-10-13(11-12)23-18-9-8-15(14-4-1-2-5-16(14)18)17-6-3-7-19(21)22-17/h1-9,12-13H,10-11,20H2,(H2,21,22). The maximum absolute atomic E-state index is 6.12. The Morgan fingerprint density at radius 1 is 0.913 bits per heavy atom. The van der Waals surface area contributed by atoms with Crippen LogP contribution in [0.4, 0.5) is 5.82 Å². The molecule has 1 saturated carbocycles. The Hall–Kier alpha value is -2.59. The van der Waals surface area contributed by atoms with Gasteiger partial charge in [-0.2, -0.15) is 0 Å². The summed E-state index contributed by atoms with van der Waals surface area (Å²) in [5.74, 6) is 1.43. The van der Waals surface area contributed by atoms with E-state index in [2.05, 4.69) is 23.2 Å². The number of nitrogens with two attached hydrogens (primary N) is 2. The van der Waals surface area contributed by atoms with Gasteiger partial charge in [-0.3, -0.25) is 0 Å². The number of anilines is 1. The molecule has 1 aliphatic rings. The SMILES string of the molecule is Nc1cccc(-c2ccc(OC3CC(N)C3)c3ccccc23)n1. The van der Waals surface area contributed by atoms with Gasteiger partial charge in [0.05, 0.1) is 5.69 Å². The Balaban J connectivity index is 1.79. The molecule has 0 unspecified atom stereocenters. The summed E-state index contributed by atoms with van der Waals surface area (Å²) in [5, 5.41) is 2.21. The van der Waals surface area contributed by atoms with Gasteiger partial charge in [0.2, 0.25) is 0 Å². The lowest BCUT2D eigenvalue weighted by atomic mass is 9.90. The lowest BCUT2D eigenvalue weighted by molar-refractivity contribution is 0.103. The fourth-order valence-corrected chi connectivity index (χ4v) is 3.08. The first-order valence-corrected chi connectivity index (χ1v) is 7.87. The van der Waals surface area contributed by atoms with Crippen molar-refractivity contribution in [1.82, 2.24) is 4.98 Å². The summed E-state index contributed by atoms with van der Waals surface area (Å²) in [6.07, 6.45) is 2.07. The lowest BCUT2D eigenvalue weighted by Crippen LogP contribution is -2.43. The van der Waals surface area contributed by atoms with E-state index in [0.29, 0.717) is 5.82 Å². The largest absolute Gasteiger partial charge is 0.490 e.